The van der Waals surface area contributed by atoms with E-state index < -0.39 is 0 Å². The lowest BCUT2D eigenvalue weighted by molar-refractivity contribution is 0.545. The summed E-state index contributed by atoms with van der Waals surface area (Å²) in [5.41, 5.74) is 1.89. The highest BCUT2D eigenvalue weighted by molar-refractivity contribution is 14.1. The van der Waals surface area contributed by atoms with Crippen LogP contribution in [0.1, 0.15) is 24.1 Å². The smallest absolute Gasteiger partial charge is 0.142 e. The molecule has 0 fully saturated rings. The number of nitrogens with one attached hydrogen (secondary N) is 1. The summed E-state index contributed by atoms with van der Waals surface area (Å²) in [5.74, 6) is -0.384. The van der Waals surface area contributed by atoms with Gasteiger partial charge in [-0.25, -0.2) is 4.39 Å². The van der Waals surface area contributed by atoms with Crippen molar-refractivity contribution in [1.82, 2.24) is 5.32 Å². The first-order valence-corrected chi connectivity index (χ1v) is 8.47. The molecule has 2 aromatic rings. The second-order valence-corrected chi connectivity index (χ2v) is 6.67. The van der Waals surface area contributed by atoms with E-state index in [9.17, 15) is 4.39 Å². The highest BCUT2D eigenvalue weighted by Crippen LogP contribution is 2.29. The topological polar surface area (TPSA) is 12.0 Å². The standard InChI is InChI=1S/C16H15Cl2FIN/c1-2-21-15(12-9-11(17)6-7-14(12)20)8-10-4-3-5-13(19)16(10)18/h3-7,9,15,21H,2,8H2,1H3. The average Bonchev–Trinajstić information content (AvgIpc) is 2.46. The largest absolute Gasteiger partial charge is 0.310 e. The Morgan fingerprint density at radius 1 is 1.24 bits per heavy atom. The van der Waals surface area contributed by atoms with Crippen molar-refractivity contribution in [2.75, 3.05) is 6.54 Å². The SMILES string of the molecule is CCNC(Cc1cccc(F)c1Cl)c1cc(Cl)ccc1I. The third kappa shape index (κ3) is 4.31. The van der Waals surface area contributed by atoms with Crippen molar-refractivity contribution in [2.24, 2.45) is 0 Å². The van der Waals surface area contributed by atoms with Crippen molar-refractivity contribution in [3.8, 4) is 0 Å². The maximum Gasteiger partial charge on any atom is 0.142 e. The van der Waals surface area contributed by atoms with Gasteiger partial charge in [0.05, 0.1) is 5.02 Å². The summed E-state index contributed by atoms with van der Waals surface area (Å²) in [7, 11) is 0. The lowest BCUT2D eigenvalue weighted by atomic mass is 9.98. The highest BCUT2D eigenvalue weighted by Gasteiger charge is 2.17. The van der Waals surface area contributed by atoms with Crippen LogP contribution in [0.3, 0.4) is 0 Å². The minimum absolute atomic E-state index is 0.0416. The molecule has 0 aliphatic heterocycles. The Hall–Kier alpha value is -0.360. The zero-order valence-corrected chi connectivity index (χ0v) is 15.1. The average molecular weight is 438 g/mol. The molecule has 1 atom stereocenters. The molecule has 0 bridgehead atoms. The summed E-state index contributed by atoms with van der Waals surface area (Å²) in [6.45, 7) is 2.85. The summed E-state index contributed by atoms with van der Waals surface area (Å²) >= 11 is 14.5. The maximum absolute atomic E-state index is 13.6. The van der Waals surface area contributed by atoms with Crippen LogP contribution in [0.25, 0.3) is 0 Å². The van der Waals surface area contributed by atoms with Gasteiger partial charge in [-0.05, 0) is 70.9 Å². The number of hydrogen-bond donors (Lipinski definition) is 1. The first-order valence-electron chi connectivity index (χ1n) is 6.64. The van der Waals surface area contributed by atoms with Crippen molar-refractivity contribution in [3.63, 3.8) is 0 Å². The molecule has 2 aromatic carbocycles. The van der Waals surface area contributed by atoms with Crippen molar-refractivity contribution in [1.29, 1.82) is 0 Å². The predicted octanol–water partition coefficient (Wildman–Crippen LogP) is 5.63. The van der Waals surface area contributed by atoms with Crippen LogP contribution in [0.2, 0.25) is 10.0 Å². The molecule has 1 unspecified atom stereocenters. The predicted molar refractivity (Wildman–Crippen MR) is 95.7 cm³/mol. The van der Waals surface area contributed by atoms with Gasteiger partial charge in [-0.15, -0.1) is 0 Å². The van der Waals surface area contributed by atoms with Gasteiger partial charge in [-0.2, -0.15) is 0 Å². The van der Waals surface area contributed by atoms with Gasteiger partial charge in [0.1, 0.15) is 5.82 Å². The van der Waals surface area contributed by atoms with E-state index in [-0.39, 0.29) is 16.9 Å². The Morgan fingerprint density at radius 2 is 2.00 bits per heavy atom. The molecular formula is C16H15Cl2FIN. The number of halogens is 4. The summed E-state index contributed by atoms with van der Waals surface area (Å²) < 4.78 is 14.7. The maximum atomic E-state index is 13.6. The van der Waals surface area contributed by atoms with Crippen LogP contribution in [-0.2, 0) is 6.42 Å². The van der Waals surface area contributed by atoms with Crippen LogP contribution in [0.15, 0.2) is 36.4 Å². The van der Waals surface area contributed by atoms with Crippen LogP contribution >= 0.6 is 45.8 Å². The van der Waals surface area contributed by atoms with Crippen LogP contribution < -0.4 is 5.32 Å². The summed E-state index contributed by atoms with van der Waals surface area (Å²) in [6, 6.07) is 10.7. The molecule has 0 aliphatic carbocycles. The molecule has 112 valence electrons. The van der Waals surface area contributed by atoms with Crippen molar-refractivity contribution in [3.05, 3.63) is 67.0 Å². The fourth-order valence-electron chi connectivity index (χ4n) is 2.25. The number of rotatable bonds is 5. The van der Waals surface area contributed by atoms with Crippen LogP contribution in [0, 0.1) is 9.39 Å². The lowest BCUT2D eigenvalue weighted by Gasteiger charge is -2.21. The Kier molecular flexibility index (Phi) is 6.29. The van der Waals surface area contributed by atoms with Gasteiger partial charge in [-0.1, -0.05) is 42.3 Å². The second-order valence-electron chi connectivity index (χ2n) is 4.69. The van der Waals surface area contributed by atoms with Crippen molar-refractivity contribution in [2.45, 2.75) is 19.4 Å². The van der Waals surface area contributed by atoms with E-state index in [2.05, 4.69) is 27.9 Å². The molecule has 1 nitrogen and oxygen atoms in total. The molecule has 0 saturated heterocycles. The van der Waals surface area contributed by atoms with Gasteiger partial charge in [-0.3, -0.25) is 0 Å². The van der Waals surface area contributed by atoms with Gasteiger partial charge < -0.3 is 5.32 Å². The summed E-state index contributed by atoms with van der Waals surface area (Å²) in [4.78, 5) is 0. The van der Waals surface area contributed by atoms with E-state index in [4.69, 9.17) is 23.2 Å². The van der Waals surface area contributed by atoms with Gasteiger partial charge >= 0.3 is 0 Å². The normalized spacial score (nSPS) is 12.4. The van der Waals surface area contributed by atoms with E-state index in [1.165, 1.54) is 6.07 Å². The highest BCUT2D eigenvalue weighted by atomic mass is 127. The van der Waals surface area contributed by atoms with Crippen LogP contribution in [0.4, 0.5) is 4.39 Å². The van der Waals surface area contributed by atoms with Crippen LogP contribution in [-0.4, -0.2) is 6.54 Å². The molecule has 0 aromatic heterocycles. The van der Waals surface area contributed by atoms with Gasteiger partial charge in [0.2, 0.25) is 0 Å². The molecule has 0 saturated carbocycles. The zero-order valence-electron chi connectivity index (χ0n) is 11.5. The van der Waals surface area contributed by atoms with Gasteiger partial charge in [0.25, 0.3) is 0 Å². The molecule has 0 heterocycles. The third-order valence-electron chi connectivity index (χ3n) is 3.24. The number of benzene rings is 2. The Balaban J connectivity index is 2.35. The fourth-order valence-corrected chi connectivity index (χ4v) is 3.34. The molecule has 0 aliphatic rings. The van der Waals surface area contributed by atoms with Crippen LogP contribution in [0.5, 0.6) is 0 Å². The first kappa shape index (κ1) is 17.0. The third-order valence-corrected chi connectivity index (χ3v) is 4.88. The number of hydrogen-bond acceptors (Lipinski definition) is 1. The van der Waals surface area contributed by atoms with E-state index in [1.807, 2.05) is 31.2 Å². The van der Waals surface area contributed by atoms with E-state index in [1.54, 1.807) is 6.07 Å². The second kappa shape index (κ2) is 7.77. The molecule has 21 heavy (non-hydrogen) atoms. The monoisotopic (exact) mass is 437 g/mol. The van der Waals surface area contributed by atoms with Gasteiger partial charge in [0.15, 0.2) is 0 Å². The molecule has 5 heteroatoms. The van der Waals surface area contributed by atoms with E-state index >= 15 is 0 Å². The Morgan fingerprint density at radius 3 is 2.71 bits per heavy atom. The lowest BCUT2D eigenvalue weighted by Crippen LogP contribution is -2.24. The van der Waals surface area contributed by atoms with E-state index in [0.29, 0.717) is 11.4 Å². The molecular weight excluding hydrogens is 423 g/mol. The molecule has 2 rings (SSSR count). The molecule has 0 radical (unpaired) electrons. The van der Waals surface area contributed by atoms with Crippen molar-refractivity contribution >= 4 is 45.8 Å². The Bertz CT molecular complexity index is 634. The van der Waals surface area contributed by atoms with Gasteiger partial charge in [0, 0.05) is 14.6 Å². The number of likely N-dealkylation sites (N-methyl/N-ethyl adjacent to an activating group) is 1. The fraction of sp³-hybridized carbons (Fsp3) is 0.250. The van der Waals surface area contributed by atoms with Crippen molar-refractivity contribution < 1.29 is 4.39 Å². The van der Waals surface area contributed by atoms with E-state index in [0.717, 1.165) is 21.2 Å². The summed E-state index contributed by atoms with van der Waals surface area (Å²) in [6.07, 6.45) is 0.612. The quantitative estimate of drug-likeness (QED) is 0.597. The zero-order chi connectivity index (χ0) is 15.4. The summed E-state index contributed by atoms with van der Waals surface area (Å²) in [5, 5.41) is 4.30. The molecule has 1 N–H and O–H groups in total. The Labute approximate surface area is 148 Å². The minimum Gasteiger partial charge on any atom is -0.310 e. The molecule has 0 spiro atoms. The molecule has 0 amide bonds. The minimum atomic E-state index is -0.384. The first-order chi connectivity index (χ1) is 10.0.